The van der Waals surface area contributed by atoms with Crippen LogP contribution in [0.1, 0.15) is 65.7 Å². The van der Waals surface area contributed by atoms with E-state index in [2.05, 4.69) is 5.32 Å². The number of nitrogens with zero attached hydrogens (tertiary/aromatic N) is 2. The highest BCUT2D eigenvalue weighted by Gasteiger charge is 2.57. The number of carbonyl (C=O) groups excluding carboxylic acids is 1. The molecule has 1 amide bonds. The van der Waals surface area contributed by atoms with Gasteiger partial charge in [0.15, 0.2) is 0 Å². The largest absolute Gasteiger partial charge is 0.416 e. The second-order valence-electron chi connectivity index (χ2n) is 10.5. The fourth-order valence-corrected chi connectivity index (χ4v) is 5.25. The van der Waals surface area contributed by atoms with Gasteiger partial charge in [-0.1, -0.05) is 26.0 Å². The topological polar surface area (TPSA) is 83.3 Å². The Morgan fingerprint density at radius 1 is 1.21 bits per heavy atom. The van der Waals surface area contributed by atoms with Crippen LogP contribution in [0, 0.1) is 10.8 Å². The van der Waals surface area contributed by atoms with Crippen molar-refractivity contribution in [1.29, 1.82) is 10.8 Å². The molecule has 1 aliphatic carbocycles. The average Bonchev–Trinajstić information content (AvgIpc) is 3.16. The van der Waals surface area contributed by atoms with E-state index in [0.29, 0.717) is 16.8 Å². The van der Waals surface area contributed by atoms with Crippen LogP contribution in [0.5, 0.6) is 0 Å². The molecule has 4 rings (SSSR count). The number of carbonyl (C=O) groups is 1. The summed E-state index contributed by atoms with van der Waals surface area (Å²) in [6, 6.07) is 8.95. The summed E-state index contributed by atoms with van der Waals surface area (Å²) in [6.07, 6.45) is -4.78. The lowest BCUT2D eigenvalue weighted by Crippen LogP contribution is -2.51. The molecule has 6 nitrogen and oxygen atoms in total. The zero-order valence-corrected chi connectivity index (χ0v) is 21.3. The van der Waals surface area contributed by atoms with Crippen LogP contribution in [0.25, 0.3) is 0 Å². The summed E-state index contributed by atoms with van der Waals surface area (Å²) >= 11 is 0. The molecule has 0 spiro atoms. The minimum absolute atomic E-state index is 0.0112. The van der Waals surface area contributed by atoms with Gasteiger partial charge in [0.25, 0.3) is 5.91 Å². The van der Waals surface area contributed by atoms with Crippen LogP contribution in [0.2, 0.25) is 0 Å². The molecule has 38 heavy (non-hydrogen) atoms. The molecule has 0 radical (unpaired) electrons. The molecule has 1 aliphatic heterocycles. The van der Waals surface area contributed by atoms with Crippen molar-refractivity contribution in [2.24, 2.45) is 0 Å². The number of nitrogens with one attached hydrogen (secondary N) is 3. The zero-order valence-electron chi connectivity index (χ0n) is 21.3. The molecular formula is C27H30F5N5O. The predicted octanol–water partition coefficient (Wildman–Crippen LogP) is 5.94. The van der Waals surface area contributed by atoms with E-state index >= 15 is 0 Å². The van der Waals surface area contributed by atoms with Crippen molar-refractivity contribution >= 4 is 23.8 Å². The minimum Gasteiger partial charge on any atom is -0.325 e. The van der Waals surface area contributed by atoms with Crippen LogP contribution in [0.4, 0.5) is 27.6 Å². The maximum atomic E-state index is 14.1. The summed E-state index contributed by atoms with van der Waals surface area (Å²) in [5, 5.41) is 18.6. The molecule has 2 aromatic rings. The molecule has 0 aromatic heterocycles. The first-order valence-electron chi connectivity index (χ1n) is 12.2. The van der Waals surface area contributed by atoms with Crippen molar-refractivity contribution in [1.82, 2.24) is 10.2 Å². The zero-order chi connectivity index (χ0) is 28.0. The van der Waals surface area contributed by atoms with Crippen molar-refractivity contribution in [3.63, 3.8) is 0 Å². The van der Waals surface area contributed by atoms with E-state index in [1.165, 1.54) is 22.9 Å². The highest BCUT2D eigenvalue weighted by Crippen LogP contribution is 2.56. The second kappa shape index (κ2) is 9.76. The summed E-state index contributed by atoms with van der Waals surface area (Å²) in [7, 11) is 1.49. The Balaban J connectivity index is 1.69. The molecule has 204 valence electrons. The lowest BCUT2D eigenvalue weighted by atomic mass is 9.60. The van der Waals surface area contributed by atoms with Gasteiger partial charge in [-0.25, -0.2) is 8.78 Å². The molecule has 11 heteroatoms. The molecule has 0 saturated heterocycles. The first-order chi connectivity index (χ1) is 17.7. The molecule has 1 fully saturated rings. The van der Waals surface area contributed by atoms with Gasteiger partial charge in [-0.3, -0.25) is 15.6 Å². The summed E-state index contributed by atoms with van der Waals surface area (Å²) < 4.78 is 70.1. The lowest BCUT2D eigenvalue weighted by molar-refractivity contribution is -0.138. The number of halogens is 5. The van der Waals surface area contributed by atoms with Crippen LogP contribution >= 0.6 is 0 Å². The van der Waals surface area contributed by atoms with Gasteiger partial charge >= 0.3 is 6.18 Å². The van der Waals surface area contributed by atoms with Crippen LogP contribution in [-0.4, -0.2) is 42.0 Å². The molecule has 0 atom stereocenters. The number of amidine groups is 1. The van der Waals surface area contributed by atoms with E-state index in [1.807, 2.05) is 13.8 Å². The Morgan fingerprint density at radius 2 is 1.89 bits per heavy atom. The maximum absolute atomic E-state index is 14.1. The Labute approximate surface area is 217 Å². The SMILES string of the molecule is CC(C)NCc1cc2c(c(C(F)(F)F)c1)CN(c1cccc(C3(CC(=N)N(C)C=N)CC(F)(F)C3)c1)C2=O. The van der Waals surface area contributed by atoms with Gasteiger partial charge in [-0.15, -0.1) is 0 Å². The molecule has 2 aromatic carbocycles. The summed E-state index contributed by atoms with van der Waals surface area (Å²) in [5.41, 5.74) is -0.952. The van der Waals surface area contributed by atoms with Gasteiger partial charge in [0.05, 0.1) is 18.4 Å². The standard InChI is InChI=1S/C27H30F5N5O/c1-16(2)35-11-17-7-20-21(22(8-17)27(30,31)32)12-37(24(20)38)19-6-4-5-18(9-19)25(13-26(28,29)14-25)10-23(34)36(3)15-33/h4-9,15-16,33-35H,10-14H2,1-3H3. The Hall–Kier alpha value is -3.34. The number of amides is 1. The van der Waals surface area contributed by atoms with Crippen molar-refractivity contribution in [2.75, 3.05) is 11.9 Å². The summed E-state index contributed by atoms with van der Waals surface area (Å²) in [6.45, 7) is 3.62. The van der Waals surface area contributed by atoms with E-state index in [9.17, 15) is 26.7 Å². The number of hydrogen-bond donors (Lipinski definition) is 3. The van der Waals surface area contributed by atoms with Gasteiger partial charge < -0.3 is 15.1 Å². The smallest absolute Gasteiger partial charge is 0.325 e. The fraction of sp³-hybridized carbons (Fsp3) is 0.444. The van der Waals surface area contributed by atoms with Gasteiger partial charge in [-0.2, -0.15) is 13.2 Å². The lowest BCUT2D eigenvalue weighted by Gasteiger charge is -2.48. The number of alkyl halides is 5. The van der Waals surface area contributed by atoms with E-state index in [0.717, 1.165) is 12.4 Å². The van der Waals surface area contributed by atoms with Crippen LogP contribution in [-0.2, 0) is 24.7 Å². The average molecular weight is 536 g/mol. The molecule has 2 aliphatic rings. The third kappa shape index (κ3) is 5.29. The number of benzene rings is 2. The fourth-order valence-electron chi connectivity index (χ4n) is 5.25. The predicted molar refractivity (Wildman–Crippen MR) is 135 cm³/mol. The molecular weight excluding hydrogens is 505 g/mol. The van der Waals surface area contributed by atoms with Crippen LogP contribution in [0.15, 0.2) is 36.4 Å². The normalized spacial score (nSPS) is 17.8. The first kappa shape index (κ1) is 27.7. The number of anilines is 1. The molecule has 1 heterocycles. The quantitative estimate of drug-likeness (QED) is 0.222. The van der Waals surface area contributed by atoms with Crippen LogP contribution in [0.3, 0.4) is 0 Å². The third-order valence-corrected chi connectivity index (χ3v) is 7.21. The molecule has 0 unspecified atom stereocenters. The monoisotopic (exact) mass is 535 g/mol. The second-order valence-corrected chi connectivity index (χ2v) is 10.5. The number of rotatable bonds is 8. The maximum Gasteiger partial charge on any atom is 0.416 e. The number of fused-ring (bicyclic) bond motifs is 1. The Morgan fingerprint density at radius 3 is 2.47 bits per heavy atom. The molecule has 3 N–H and O–H groups in total. The van der Waals surface area contributed by atoms with Gasteiger partial charge in [-0.05, 0) is 41.0 Å². The molecule has 0 bridgehead atoms. The van der Waals surface area contributed by atoms with Gasteiger partial charge in [0.2, 0.25) is 5.92 Å². The van der Waals surface area contributed by atoms with Gasteiger partial charge in [0, 0.05) is 55.6 Å². The third-order valence-electron chi connectivity index (χ3n) is 7.21. The summed E-state index contributed by atoms with van der Waals surface area (Å²) in [5.74, 6) is -3.51. The van der Waals surface area contributed by atoms with E-state index in [-0.39, 0.29) is 42.5 Å². The Kier molecular flexibility index (Phi) is 7.11. The van der Waals surface area contributed by atoms with E-state index < -0.39 is 41.8 Å². The first-order valence-corrected chi connectivity index (χ1v) is 12.2. The van der Waals surface area contributed by atoms with Crippen molar-refractivity contribution in [3.8, 4) is 0 Å². The summed E-state index contributed by atoms with van der Waals surface area (Å²) in [4.78, 5) is 15.8. The number of hydrogen-bond acceptors (Lipinski definition) is 4. The van der Waals surface area contributed by atoms with Crippen molar-refractivity contribution in [2.45, 2.75) is 69.8 Å². The van der Waals surface area contributed by atoms with Crippen molar-refractivity contribution < 1.29 is 26.7 Å². The van der Waals surface area contributed by atoms with E-state index in [1.54, 1.807) is 24.3 Å². The highest BCUT2D eigenvalue weighted by molar-refractivity contribution is 6.10. The molecule has 1 saturated carbocycles. The highest BCUT2D eigenvalue weighted by atomic mass is 19.4. The van der Waals surface area contributed by atoms with Gasteiger partial charge in [0.1, 0.15) is 5.84 Å². The minimum atomic E-state index is -4.65. The van der Waals surface area contributed by atoms with Crippen molar-refractivity contribution in [3.05, 3.63) is 64.2 Å². The van der Waals surface area contributed by atoms with E-state index in [4.69, 9.17) is 10.8 Å². The van der Waals surface area contributed by atoms with Crippen LogP contribution < -0.4 is 10.2 Å². The Bertz CT molecular complexity index is 1260.